The SMILES string of the molecule is C=PC1=C2C=C(C=CC1)C(Cc1cccn1N)CCC2. The molecule has 0 aromatic carbocycles. The van der Waals surface area contributed by atoms with Crippen LogP contribution in [0, 0.1) is 5.92 Å². The molecule has 2 N–H and O–H groups in total. The van der Waals surface area contributed by atoms with Crippen molar-refractivity contribution in [1.29, 1.82) is 0 Å². The highest BCUT2D eigenvalue weighted by atomic mass is 31.1. The Kier molecular flexibility index (Phi) is 3.93. The van der Waals surface area contributed by atoms with Crippen LogP contribution in [-0.4, -0.2) is 11.0 Å². The molecule has 2 bridgehead atoms. The summed E-state index contributed by atoms with van der Waals surface area (Å²) in [4.78, 5) is 0. The van der Waals surface area contributed by atoms with E-state index in [2.05, 4.69) is 30.6 Å². The second kappa shape index (κ2) is 5.85. The van der Waals surface area contributed by atoms with E-state index in [4.69, 9.17) is 5.84 Å². The fraction of sp³-hybridized carbons (Fsp3) is 0.353. The minimum Gasteiger partial charge on any atom is -0.339 e. The van der Waals surface area contributed by atoms with Crippen molar-refractivity contribution >= 4 is 14.5 Å². The van der Waals surface area contributed by atoms with Crippen molar-refractivity contribution in [1.82, 2.24) is 4.68 Å². The van der Waals surface area contributed by atoms with Crippen molar-refractivity contribution in [2.24, 2.45) is 5.92 Å². The van der Waals surface area contributed by atoms with Crippen molar-refractivity contribution in [2.45, 2.75) is 32.1 Å². The summed E-state index contributed by atoms with van der Waals surface area (Å²) in [6.45, 7) is 0. The van der Waals surface area contributed by atoms with Gasteiger partial charge >= 0.3 is 0 Å². The van der Waals surface area contributed by atoms with Crippen LogP contribution in [0.15, 0.2) is 53.0 Å². The smallest absolute Gasteiger partial charge is 0.0397 e. The second-order valence-electron chi connectivity index (χ2n) is 5.58. The summed E-state index contributed by atoms with van der Waals surface area (Å²) in [6.07, 6.45) is 18.8. The molecule has 1 heterocycles. The first-order valence-electron chi connectivity index (χ1n) is 7.26. The number of nitrogens with two attached hydrogens (primary N) is 1. The highest BCUT2D eigenvalue weighted by molar-refractivity contribution is 7.41. The van der Waals surface area contributed by atoms with E-state index < -0.39 is 0 Å². The first kappa shape index (κ1) is 13.5. The van der Waals surface area contributed by atoms with Crippen LogP contribution < -0.4 is 5.84 Å². The molecule has 0 amide bonds. The maximum absolute atomic E-state index is 5.96. The van der Waals surface area contributed by atoms with Crippen LogP contribution in [0.25, 0.3) is 0 Å². The minimum absolute atomic E-state index is 0.585. The van der Waals surface area contributed by atoms with E-state index in [1.165, 1.54) is 49.6 Å². The number of allylic oxidation sites excluding steroid dienone is 6. The Morgan fingerprint density at radius 2 is 2.35 bits per heavy atom. The molecule has 1 atom stereocenters. The zero-order valence-electron chi connectivity index (χ0n) is 11.8. The molecule has 104 valence electrons. The van der Waals surface area contributed by atoms with E-state index in [1.807, 2.05) is 12.3 Å². The fourth-order valence-electron chi connectivity index (χ4n) is 3.19. The molecule has 0 fully saturated rings. The van der Waals surface area contributed by atoms with Crippen LogP contribution >= 0.6 is 8.20 Å². The maximum Gasteiger partial charge on any atom is 0.0397 e. The average molecular weight is 284 g/mol. The van der Waals surface area contributed by atoms with Gasteiger partial charge in [0.25, 0.3) is 0 Å². The van der Waals surface area contributed by atoms with Gasteiger partial charge in [0.2, 0.25) is 0 Å². The van der Waals surface area contributed by atoms with Crippen molar-refractivity contribution in [2.75, 3.05) is 5.84 Å². The first-order chi connectivity index (χ1) is 9.78. The molecule has 2 aliphatic rings. The van der Waals surface area contributed by atoms with Gasteiger partial charge in [-0.3, -0.25) is 4.68 Å². The Balaban J connectivity index is 1.90. The van der Waals surface area contributed by atoms with Gasteiger partial charge in [-0.1, -0.05) is 32.7 Å². The molecule has 1 aromatic heterocycles. The lowest BCUT2D eigenvalue weighted by molar-refractivity contribution is 0.539. The molecule has 0 radical (unpaired) electrons. The molecule has 3 heteroatoms. The molecular formula is C17H21N2P. The Morgan fingerprint density at radius 3 is 3.10 bits per heavy atom. The van der Waals surface area contributed by atoms with Crippen LogP contribution in [-0.2, 0) is 6.42 Å². The predicted octanol–water partition coefficient (Wildman–Crippen LogP) is 4.06. The zero-order chi connectivity index (χ0) is 13.9. The number of aromatic nitrogens is 1. The van der Waals surface area contributed by atoms with E-state index >= 15 is 0 Å². The monoisotopic (exact) mass is 284 g/mol. The minimum atomic E-state index is 0.585. The number of hydrogen-bond donors (Lipinski definition) is 1. The number of nitrogen functional groups attached to an aromatic ring is 1. The van der Waals surface area contributed by atoms with E-state index in [0.717, 1.165) is 12.8 Å². The Hall–Kier alpha value is -1.53. The number of rotatable bonds is 3. The number of hydrogen-bond acceptors (Lipinski definition) is 1. The van der Waals surface area contributed by atoms with Crippen molar-refractivity contribution in [3.63, 3.8) is 0 Å². The van der Waals surface area contributed by atoms with E-state index in [0.29, 0.717) is 5.92 Å². The van der Waals surface area contributed by atoms with Gasteiger partial charge in [0.05, 0.1) is 0 Å². The van der Waals surface area contributed by atoms with Gasteiger partial charge in [-0.25, -0.2) is 0 Å². The van der Waals surface area contributed by atoms with Crippen LogP contribution in [0.3, 0.4) is 0 Å². The summed E-state index contributed by atoms with van der Waals surface area (Å²) in [5, 5.41) is 1.49. The standard InChI is InChI=1S/C17H21N2P/c1-20-17-9-3-6-13-11-15(17)7-2-5-14(13)12-16-8-4-10-19(16)18/h3-4,6,8,10-11,14H,1-2,5,7,9,12,18H2. The lowest BCUT2D eigenvalue weighted by atomic mass is 9.90. The van der Waals surface area contributed by atoms with Gasteiger partial charge in [0, 0.05) is 11.9 Å². The van der Waals surface area contributed by atoms with Gasteiger partial charge in [0.15, 0.2) is 0 Å². The summed E-state index contributed by atoms with van der Waals surface area (Å²) in [5.74, 6) is 6.54. The second-order valence-corrected chi connectivity index (χ2v) is 6.44. The lowest BCUT2D eigenvalue weighted by Crippen LogP contribution is -2.15. The molecule has 1 aromatic rings. The molecule has 0 saturated heterocycles. The molecule has 1 unspecified atom stereocenters. The van der Waals surface area contributed by atoms with Gasteiger partial charge < -0.3 is 5.84 Å². The topological polar surface area (TPSA) is 30.9 Å². The summed E-state index contributed by atoms with van der Waals surface area (Å²) in [6, 6.07) is 4.15. The van der Waals surface area contributed by atoms with Crippen molar-refractivity contribution in [3.05, 3.63) is 58.7 Å². The predicted molar refractivity (Wildman–Crippen MR) is 88.5 cm³/mol. The van der Waals surface area contributed by atoms with Gasteiger partial charge in [-0.05, 0) is 66.6 Å². The summed E-state index contributed by atoms with van der Waals surface area (Å²) in [5.41, 5.74) is 4.21. The normalized spacial score (nSPS) is 22.6. The Bertz CT molecular complexity index is 604. The van der Waals surface area contributed by atoms with Gasteiger partial charge in [0.1, 0.15) is 0 Å². The molecule has 2 nitrogen and oxygen atoms in total. The van der Waals surface area contributed by atoms with Crippen molar-refractivity contribution in [3.8, 4) is 0 Å². The Morgan fingerprint density at radius 1 is 1.45 bits per heavy atom. The molecular weight excluding hydrogens is 263 g/mol. The molecule has 0 saturated carbocycles. The molecule has 20 heavy (non-hydrogen) atoms. The van der Waals surface area contributed by atoms with Crippen molar-refractivity contribution < 1.29 is 0 Å². The highest BCUT2D eigenvalue weighted by Gasteiger charge is 2.20. The first-order valence-corrected chi connectivity index (χ1v) is 8.34. The van der Waals surface area contributed by atoms with E-state index in [1.54, 1.807) is 4.68 Å². The number of nitrogens with zero attached hydrogens (tertiary/aromatic N) is 1. The molecule has 0 aliphatic heterocycles. The highest BCUT2D eigenvalue weighted by Crippen LogP contribution is 2.36. The summed E-state index contributed by atoms with van der Waals surface area (Å²) in [7, 11) is 1.17. The van der Waals surface area contributed by atoms with Gasteiger partial charge in [-0.2, -0.15) is 0 Å². The van der Waals surface area contributed by atoms with E-state index in [9.17, 15) is 0 Å². The maximum atomic E-state index is 5.96. The third-order valence-electron chi connectivity index (χ3n) is 4.32. The molecule has 0 spiro atoms. The fourth-order valence-corrected chi connectivity index (χ4v) is 3.80. The summed E-state index contributed by atoms with van der Waals surface area (Å²) < 4.78 is 1.75. The zero-order valence-corrected chi connectivity index (χ0v) is 12.7. The van der Waals surface area contributed by atoms with Crippen LogP contribution in [0.2, 0.25) is 0 Å². The van der Waals surface area contributed by atoms with Crippen LogP contribution in [0.1, 0.15) is 31.4 Å². The third kappa shape index (κ3) is 2.66. The lowest BCUT2D eigenvalue weighted by Gasteiger charge is -2.16. The Labute approximate surface area is 122 Å². The average Bonchev–Trinajstić information content (AvgIpc) is 2.67. The number of fused-ring (bicyclic) bond motifs is 1. The van der Waals surface area contributed by atoms with Gasteiger partial charge in [-0.15, -0.1) is 0 Å². The summed E-state index contributed by atoms with van der Waals surface area (Å²) >= 11 is 0. The molecule has 3 rings (SSSR count). The van der Waals surface area contributed by atoms with Crippen LogP contribution in [0.5, 0.6) is 0 Å². The quantitative estimate of drug-likeness (QED) is 0.658. The van der Waals surface area contributed by atoms with E-state index in [-0.39, 0.29) is 0 Å². The third-order valence-corrected chi connectivity index (χ3v) is 5.17. The molecule has 2 aliphatic carbocycles. The van der Waals surface area contributed by atoms with Crippen LogP contribution in [0.4, 0.5) is 0 Å². The largest absolute Gasteiger partial charge is 0.339 e.